The fourth-order valence-corrected chi connectivity index (χ4v) is 3.19. The van der Waals surface area contributed by atoms with Gasteiger partial charge in [-0.05, 0) is 50.2 Å². The van der Waals surface area contributed by atoms with Crippen molar-refractivity contribution in [2.24, 2.45) is 5.92 Å². The highest BCUT2D eigenvalue weighted by molar-refractivity contribution is 5.91. The number of nitrogens with zero attached hydrogens (tertiary/aromatic N) is 5. The van der Waals surface area contributed by atoms with E-state index >= 15 is 0 Å². The van der Waals surface area contributed by atoms with Gasteiger partial charge in [-0.3, -0.25) is 14.3 Å². The highest BCUT2D eigenvalue weighted by atomic mass is 16.5. The molecule has 29 heavy (non-hydrogen) atoms. The molecule has 156 valence electrons. The number of anilines is 1. The van der Waals surface area contributed by atoms with E-state index in [0.717, 1.165) is 51.0 Å². The number of amides is 2. The van der Waals surface area contributed by atoms with Gasteiger partial charge in [0, 0.05) is 33.2 Å². The van der Waals surface area contributed by atoms with Crippen LogP contribution in [0.2, 0.25) is 0 Å². The van der Waals surface area contributed by atoms with E-state index < -0.39 is 0 Å². The molecule has 2 amide bonds. The molecule has 2 N–H and O–H groups in total. The van der Waals surface area contributed by atoms with Gasteiger partial charge in [0.1, 0.15) is 0 Å². The first-order valence-corrected chi connectivity index (χ1v) is 9.96. The molecule has 0 spiro atoms. The van der Waals surface area contributed by atoms with Crippen LogP contribution in [0.25, 0.3) is 0 Å². The number of carbonyl (C=O) groups excluding carboxylic acids is 2. The van der Waals surface area contributed by atoms with Gasteiger partial charge in [-0.2, -0.15) is 5.10 Å². The summed E-state index contributed by atoms with van der Waals surface area (Å²) in [4.78, 5) is 23.6. The minimum absolute atomic E-state index is 0.0251. The van der Waals surface area contributed by atoms with Crippen LogP contribution >= 0.6 is 0 Å². The number of unbranched alkanes of at least 4 members (excludes halogenated alkanes) is 1. The summed E-state index contributed by atoms with van der Waals surface area (Å²) in [5.41, 5.74) is 1.19. The summed E-state index contributed by atoms with van der Waals surface area (Å²) in [6.07, 6.45) is 6.55. The Bertz CT molecular complexity index is 800. The van der Waals surface area contributed by atoms with E-state index in [4.69, 9.17) is 4.74 Å². The predicted molar refractivity (Wildman–Crippen MR) is 105 cm³/mol. The number of aryl methyl sites for hydroxylation is 2. The summed E-state index contributed by atoms with van der Waals surface area (Å²) in [6.45, 7) is 2.15. The highest BCUT2D eigenvalue weighted by Crippen LogP contribution is 2.19. The molecular weight excluding hydrogens is 374 g/mol. The Balaban J connectivity index is 1.36. The van der Waals surface area contributed by atoms with Crippen molar-refractivity contribution in [3.8, 4) is 0 Å². The van der Waals surface area contributed by atoms with Crippen LogP contribution in [0.5, 0.6) is 0 Å². The van der Waals surface area contributed by atoms with Crippen molar-refractivity contribution in [3.63, 3.8) is 0 Å². The lowest BCUT2D eigenvalue weighted by molar-refractivity contribution is -0.117. The molecule has 0 bridgehead atoms. The molecule has 0 radical (unpaired) electrons. The Morgan fingerprint density at radius 2 is 2.00 bits per heavy atom. The number of nitrogens with one attached hydrogen (secondary N) is 2. The molecule has 1 aliphatic heterocycles. The number of hydrogen-bond acceptors (Lipinski definition) is 7. The van der Waals surface area contributed by atoms with Crippen molar-refractivity contribution in [1.82, 2.24) is 30.5 Å². The Morgan fingerprint density at radius 3 is 2.72 bits per heavy atom. The Hall–Kier alpha value is -2.88. The largest absolute Gasteiger partial charge is 0.381 e. The van der Waals surface area contributed by atoms with Crippen molar-refractivity contribution < 1.29 is 14.3 Å². The monoisotopic (exact) mass is 401 g/mol. The highest BCUT2D eigenvalue weighted by Gasteiger charge is 2.17. The lowest BCUT2D eigenvalue weighted by Gasteiger charge is -2.21. The van der Waals surface area contributed by atoms with Gasteiger partial charge in [-0.25, -0.2) is 0 Å². The molecule has 10 nitrogen and oxygen atoms in total. The fraction of sp³-hybridized carbons (Fsp3) is 0.579. The smallest absolute Gasteiger partial charge is 0.273 e. The molecule has 2 aromatic heterocycles. The topological polar surface area (TPSA) is 124 Å². The van der Waals surface area contributed by atoms with Crippen LogP contribution in [0.15, 0.2) is 18.3 Å². The summed E-state index contributed by atoms with van der Waals surface area (Å²) in [5, 5.41) is 21.4. The first kappa shape index (κ1) is 20.8. The molecule has 0 atom stereocenters. The standard InChI is InChI=1S/C19H27N7O3/c1-20-19(28)16-13-26(25-23-16)9-3-2-4-15-5-6-17(24-22-15)21-18(27)12-14-7-10-29-11-8-14/h5-6,13-14H,2-4,7-12H2,1H3,(H,20,28)(H,21,24,27). The zero-order chi connectivity index (χ0) is 20.5. The molecule has 3 rings (SSSR count). The van der Waals surface area contributed by atoms with E-state index in [1.165, 1.54) is 0 Å². The third kappa shape index (κ3) is 6.60. The van der Waals surface area contributed by atoms with Crippen molar-refractivity contribution in [2.75, 3.05) is 25.6 Å². The maximum Gasteiger partial charge on any atom is 0.273 e. The number of aromatic nitrogens is 5. The maximum atomic E-state index is 12.1. The molecule has 0 aliphatic carbocycles. The van der Waals surface area contributed by atoms with Crippen molar-refractivity contribution in [1.29, 1.82) is 0 Å². The summed E-state index contributed by atoms with van der Waals surface area (Å²) in [5.74, 6) is 0.595. The molecule has 0 aromatic carbocycles. The molecular formula is C19H27N7O3. The second-order valence-corrected chi connectivity index (χ2v) is 7.12. The van der Waals surface area contributed by atoms with Crippen LogP contribution in [0.4, 0.5) is 5.82 Å². The van der Waals surface area contributed by atoms with E-state index in [9.17, 15) is 9.59 Å². The number of hydrogen-bond donors (Lipinski definition) is 2. The average molecular weight is 401 g/mol. The van der Waals surface area contributed by atoms with Gasteiger partial charge in [-0.15, -0.1) is 10.2 Å². The van der Waals surface area contributed by atoms with Crippen LogP contribution in [-0.2, 0) is 22.5 Å². The van der Waals surface area contributed by atoms with Crippen LogP contribution in [-0.4, -0.2) is 57.3 Å². The molecule has 0 unspecified atom stereocenters. The van der Waals surface area contributed by atoms with Gasteiger partial charge >= 0.3 is 0 Å². The summed E-state index contributed by atoms with van der Waals surface area (Å²) < 4.78 is 6.98. The number of ether oxygens (including phenoxy) is 1. The molecule has 2 aromatic rings. The third-order valence-electron chi connectivity index (χ3n) is 4.87. The fourth-order valence-electron chi connectivity index (χ4n) is 3.19. The van der Waals surface area contributed by atoms with E-state index in [0.29, 0.717) is 30.4 Å². The molecule has 3 heterocycles. The summed E-state index contributed by atoms with van der Waals surface area (Å²) >= 11 is 0. The second-order valence-electron chi connectivity index (χ2n) is 7.12. The van der Waals surface area contributed by atoms with Crippen LogP contribution in [0.3, 0.4) is 0 Å². The third-order valence-corrected chi connectivity index (χ3v) is 4.87. The van der Waals surface area contributed by atoms with E-state index in [2.05, 4.69) is 31.1 Å². The first-order valence-electron chi connectivity index (χ1n) is 9.96. The number of carbonyl (C=O) groups is 2. The van der Waals surface area contributed by atoms with E-state index in [1.54, 1.807) is 24.0 Å². The molecule has 1 aliphatic rings. The van der Waals surface area contributed by atoms with Gasteiger partial charge in [0.15, 0.2) is 11.5 Å². The molecule has 1 fully saturated rings. The lowest BCUT2D eigenvalue weighted by atomic mass is 9.96. The van der Waals surface area contributed by atoms with Crippen molar-refractivity contribution >= 4 is 17.6 Å². The SMILES string of the molecule is CNC(=O)c1cn(CCCCc2ccc(NC(=O)CC3CCOCC3)nn2)nn1. The summed E-state index contributed by atoms with van der Waals surface area (Å²) in [7, 11) is 1.56. The van der Waals surface area contributed by atoms with Crippen molar-refractivity contribution in [3.05, 3.63) is 29.7 Å². The molecule has 1 saturated heterocycles. The van der Waals surface area contributed by atoms with Gasteiger partial charge < -0.3 is 15.4 Å². The van der Waals surface area contributed by atoms with E-state index in [1.807, 2.05) is 6.07 Å². The van der Waals surface area contributed by atoms with Gasteiger partial charge in [0.2, 0.25) is 5.91 Å². The number of rotatable bonds is 9. The maximum absolute atomic E-state index is 12.1. The van der Waals surface area contributed by atoms with Crippen LogP contribution < -0.4 is 10.6 Å². The van der Waals surface area contributed by atoms with Gasteiger partial charge in [0.25, 0.3) is 5.91 Å². The quantitative estimate of drug-likeness (QED) is 0.605. The Morgan fingerprint density at radius 1 is 1.17 bits per heavy atom. The normalized spacial score (nSPS) is 14.5. The zero-order valence-corrected chi connectivity index (χ0v) is 16.6. The van der Waals surface area contributed by atoms with Crippen molar-refractivity contribution in [2.45, 2.75) is 45.1 Å². The minimum Gasteiger partial charge on any atom is -0.381 e. The molecule has 10 heteroatoms. The average Bonchev–Trinajstić information content (AvgIpc) is 3.21. The predicted octanol–water partition coefficient (Wildman–Crippen LogP) is 1.21. The van der Waals surface area contributed by atoms with Gasteiger partial charge in [-0.1, -0.05) is 5.21 Å². The summed E-state index contributed by atoms with van der Waals surface area (Å²) in [6, 6.07) is 3.67. The van der Waals surface area contributed by atoms with Crippen LogP contribution in [0.1, 0.15) is 48.3 Å². The second kappa shape index (κ2) is 10.6. The Labute approximate surface area is 169 Å². The van der Waals surface area contributed by atoms with E-state index in [-0.39, 0.29) is 11.8 Å². The zero-order valence-electron chi connectivity index (χ0n) is 16.6. The first-order chi connectivity index (χ1) is 14.1. The lowest BCUT2D eigenvalue weighted by Crippen LogP contribution is -2.22. The van der Waals surface area contributed by atoms with Crippen LogP contribution in [0, 0.1) is 5.92 Å². The van der Waals surface area contributed by atoms with Gasteiger partial charge in [0.05, 0.1) is 11.9 Å². The molecule has 0 saturated carbocycles. The minimum atomic E-state index is -0.244. The Kier molecular flexibility index (Phi) is 7.62.